The lowest BCUT2D eigenvalue weighted by Crippen LogP contribution is -2.19. The largest absolute Gasteiger partial charge is 0.361 e. The van der Waals surface area contributed by atoms with Crippen molar-refractivity contribution in [3.8, 4) is 0 Å². The van der Waals surface area contributed by atoms with E-state index in [2.05, 4.69) is 15.9 Å². The summed E-state index contributed by atoms with van der Waals surface area (Å²) in [6.07, 6.45) is 1.71. The number of ether oxygens (including phenoxy) is 1. The summed E-state index contributed by atoms with van der Waals surface area (Å²) in [6, 6.07) is 3.22. The van der Waals surface area contributed by atoms with Crippen LogP contribution in [0.2, 0.25) is 0 Å². The first-order valence-corrected chi connectivity index (χ1v) is 4.47. The Labute approximate surface area is 79.1 Å². The van der Waals surface area contributed by atoms with Crippen molar-refractivity contribution in [3.63, 3.8) is 0 Å². The van der Waals surface area contributed by atoms with Crippen LogP contribution in [0, 0.1) is 0 Å². The molecule has 0 bridgehead atoms. The second kappa shape index (κ2) is 4.42. The Bertz CT molecular complexity index is 308. The number of nitrogens with zero attached hydrogens (tertiary/aromatic N) is 1. The normalized spacial score (nSPS) is 10.2. The predicted molar refractivity (Wildman–Crippen MR) is 50.0 cm³/mol. The summed E-state index contributed by atoms with van der Waals surface area (Å²) in [5.74, 6) is 0. The minimum Gasteiger partial charge on any atom is -0.361 e. The van der Waals surface area contributed by atoms with Crippen LogP contribution in [0.25, 0.3) is 0 Å². The molecule has 0 aromatic carbocycles. The lowest BCUT2D eigenvalue weighted by atomic mass is 10.5. The third-order valence-corrected chi connectivity index (χ3v) is 1.85. The third-order valence-electron chi connectivity index (χ3n) is 1.38. The molecule has 0 unspecified atom stereocenters. The molecule has 3 nitrogen and oxygen atoms in total. The van der Waals surface area contributed by atoms with Gasteiger partial charge in [-0.1, -0.05) is 0 Å². The Kier molecular flexibility index (Phi) is 3.49. The first kappa shape index (κ1) is 9.48. The van der Waals surface area contributed by atoms with Crippen LogP contribution in [0.4, 0.5) is 0 Å². The molecule has 12 heavy (non-hydrogen) atoms. The van der Waals surface area contributed by atoms with Gasteiger partial charge in [0.1, 0.15) is 6.73 Å². The maximum absolute atomic E-state index is 11.1. The Morgan fingerprint density at radius 1 is 1.58 bits per heavy atom. The zero-order valence-electron chi connectivity index (χ0n) is 6.79. The minimum atomic E-state index is -0.0494. The number of hydrogen-bond acceptors (Lipinski definition) is 2. The Morgan fingerprint density at radius 2 is 2.33 bits per heavy atom. The number of aromatic nitrogens is 1. The van der Waals surface area contributed by atoms with Crippen LogP contribution in [-0.2, 0) is 11.5 Å². The van der Waals surface area contributed by atoms with Crippen molar-refractivity contribution in [1.82, 2.24) is 4.57 Å². The highest BCUT2D eigenvalue weighted by Gasteiger charge is 1.94. The molecule has 0 amide bonds. The quantitative estimate of drug-likeness (QED) is 0.792. The van der Waals surface area contributed by atoms with E-state index in [1.165, 1.54) is 10.6 Å². The Morgan fingerprint density at radius 3 is 3.00 bits per heavy atom. The summed E-state index contributed by atoms with van der Waals surface area (Å²) >= 11 is 3.27. The van der Waals surface area contributed by atoms with Crippen LogP contribution in [0.1, 0.15) is 6.92 Å². The molecule has 0 atom stereocenters. The van der Waals surface area contributed by atoms with Gasteiger partial charge < -0.3 is 4.74 Å². The molecule has 1 aromatic rings. The molecule has 0 radical (unpaired) electrons. The summed E-state index contributed by atoms with van der Waals surface area (Å²) in [6.45, 7) is 2.82. The van der Waals surface area contributed by atoms with Gasteiger partial charge in [0.15, 0.2) is 0 Å². The molecule has 0 aliphatic rings. The van der Waals surface area contributed by atoms with Crippen LogP contribution in [0.5, 0.6) is 0 Å². The van der Waals surface area contributed by atoms with Gasteiger partial charge in [-0.25, -0.2) is 0 Å². The van der Waals surface area contributed by atoms with Gasteiger partial charge in [-0.3, -0.25) is 9.36 Å². The van der Waals surface area contributed by atoms with E-state index in [1.807, 2.05) is 6.92 Å². The van der Waals surface area contributed by atoms with E-state index in [-0.39, 0.29) is 5.56 Å². The van der Waals surface area contributed by atoms with Crippen LogP contribution >= 0.6 is 15.9 Å². The first-order chi connectivity index (χ1) is 5.74. The zero-order chi connectivity index (χ0) is 8.97. The highest BCUT2D eigenvalue weighted by Crippen LogP contribution is 2.04. The minimum absolute atomic E-state index is 0.0494. The lowest BCUT2D eigenvalue weighted by molar-refractivity contribution is 0.0852. The fourth-order valence-electron chi connectivity index (χ4n) is 0.793. The van der Waals surface area contributed by atoms with Gasteiger partial charge in [0, 0.05) is 23.3 Å². The van der Waals surface area contributed by atoms with E-state index < -0.39 is 0 Å². The number of pyridine rings is 1. The number of halogens is 1. The van der Waals surface area contributed by atoms with Gasteiger partial charge >= 0.3 is 0 Å². The fourth-order valence-corrected chi connectivity index (χ4v) is 1.17. The van der Waals surface area contributed by atoms with Gasteiger partial charge in [0.25, 0.3) is 5.56 Å². The van der Waals surface area contributed by atoms with Crippen molar-refractivity contribution in [2.75, 3.05) is 6.61 Å². The molecule has 0 aliphatic heterocycles. The molecule has 0 saturated carbocycles. The molecule has 4 heteroatoms. The Hall–Kier alpha value is -0.610. The summed E-state index contributed by atoms with van der Waals surface area (Å²) in [4.78, 5) is 11.1. The maximum atomic E-state index is 11.1. The van der Waals surface area contributed by atoms with E-state index in [0.29, 0.717) is 13.3 Å². The molecule has 1 rings (SSSR count). The first-order valence-electron chi connectivity index (χ1n) is 3.67. The van der Waals surface area contributed by atoms with Crippen molar-refractivity contribution in [2.45, 2.75) is 13.7 Å². The van der Waals surface area contributed by atoms with Crippen LogP contribution in [-0.4, -0.2) is 11.2 Å². The molecule has 0 aliphatic carbocycles. The number of hydrogen-bond donors (Lipinski definition) is 0. The number of rotatable bonds is 3. The average molecular weight is 232 g/mol. The predicted octanol–water partition coefficient (Wildman–Crippen LogP) is 1.60. The van der Waals surface area contributed by atoms with Crippen LogP contribution in [0.3, 0.4) is 0 Å². The molecule has 0 saturated heterocycles. The van der Waals surface area contributed by atoms with Crippen molar-refractivity contribution < 1.29 is 4.74 Å². The topological polar surface area (TPSA) is 31.2 Å². The molecular formula is C8H10BrNO2. The van der Waals surface area contributed by atoms with Gasteiger partial charge in [-0.2, -0.15) is 0 Å². The molecule has 0 fully saturated rings. The molecule has 0 N–H and O–H groups in total. The van der Waals surface area contributed by atoms with Crippen LogP contribution in [0.15, 0.2) is 27.6 Å². The standard InChI is InChI=1S/C8H10BrNO2/c1-2-12-6-10-5-7(9)3-4-8(10)11/h3-5H,2,6H2,1H3. The van der Waals surface area contributed by atoms with Crippen molar-refractivity contribution in [2.24, 2.45) is 0 Å². The van der Waals surface area contributed by atoms with E-state index in [1.54, 1.807) is 12.3 Å². The zero-order valence-corrected chi connectivity index (χ0v) is 8.37. The monoisotopic (exact) mass is 231 g/mol. The van der Waals surface area contributed by atoms with Crippen LogP contribution < -0.4 is 5.56 Å². The summed E-state index contributed by atoms with van der Waals surface area (Å²) < 4.78 is 7.48. The second-order valence-electron chi connectivity index (χ2n) is 2.28. The van der Waals surface area contributed by atoms with E-state index in [4.69, 9.17) is 4.74 Å². The van der Waals surface area contributed by atoms with Crippen molar-refractivity contribution in [3.05, 3.63) is 33.2 Å². The summed E-state index contributed by atoms with van der Waals surface area (Å²) in [7, 11) is 0. The molecule has 0 spiro atoms. The van der Waals surface area contributed by atoms with E-state index in [9.17, 15) is 4.79 Å². The summed E-state index contributed by atoms with van der Waals surface area (Å²) in [5, 5.41) is 0. The van der Waals surface area contributed by atoms with Crippen molar-refractivity contribution in [1.29, 1.82) is 0 Å². The van der Waals surface area contributed by atoms with Crippen molar-refractivity contribution >= 4 is 15.9 Å². The van der Waals surface area contributed by atoms with E-state index >= 15 is 0 Å². The maximum Gasteiger partial charge on any atom is 0.252 e. The average Bonchev–Trinajstić information content (AvgIpc) is 2.07. The van der Waals surface area contributed by atoms with Gasteiger partial charge in [-0.05, 0) is 28.9 Å². The third kappa shape index (κ3) is 2.46. The highest BCUT2D eigenvalue weighted by molar-refractivity contribution is 9.10. The lowest BCUT2D eigenvalue weighted by Gasteiger charge is -2.04. The molecule has 1 heterocycles. The van der Waals surface area contributed by atoms with Gasteiger partial charge in [-0.15, -0.1) is 0 Å². The summed E-state index contributed by atoms with van der Waals surface area (Å²) in [5.41, 5.74) is -0.0494. The Balaban J connectivity index is 2.83. The SMILES string of the molecule is CCOCn1cc(Br)ccc1=O. The van der Waals surface area contributed by atoms with Gasteiger partial charge in [0.05, 0.1) is 0 Å². The molecule has 1 aromatic heterocycles. The van der Waals surface area contributed by atoms with E-state index in [0.717, 1.165) is 4.47 Å². The second-order valence-corrected chi connectivity index (χ2v) is 3.19. The van der Waals surface area contributed by atoms with Gasteiger partial charge in [0.2, 0.25) is 0 Å². The molecule has 66 valence electrons. The highest BCUT2D eigenvalue weighted by atomic mass is 79.9. The molecular weight excluding hydrogens is 222 g/mol. The smallest absolute Gasteiger partial charge is 0.252 e. The fraction of sp³-hybridized carbons (Fsp3) is 0.375.